The second-order valence-electron chi connectivity index (χ2n) is 8.17. The van der Waals surface area contributed by atoms with E-state index in [1.54, 1.807) is 30.2 Å². The maximum absolute atomic E-state index is 13.2. The molecule has 178 valence electrons. The van der Waals surface area contributed by atoms with Gasteiger partial charge >= 0.3 is 0 Å². The van der Waals surface area contributed by atoms with E-state index in [9.17, 15) is 4.79 Å². The predicted octanol–water partition coefficient (Wildman–Crippen LogP) is 5.04. The van der Waals surface area contributed by atoms with Gasteiger partial charge in [-0.25, -0.2) is 0 Å². The molecule has 0 aliphatic carbocycles. The molecule has 0 N–H and O–H groups in total. The monoisotopic (exact) mass is 480 g/mol. The summed E-state index contributed by atoms with van der Waals surface area (Å²) in [4.78, 5) is 17.2. The number of carbonyl (C=O) groups is 1. The Morgan fingerprint density at radius 2 is 1.76 bits per heavy atom. The number of para-hydroxylation sites is 1. The second-order valence-corrected chi connectivity index (χ2v) is 8.61. The first-order valence-corrected chi connectivity index (χ1v) is 11.6. The Morgan fingerprint density at radius 1 is 1.03 bits per heavy atom. The molecule has 3 aromatic carbocycles. The largest absolute Gasteiger partial charge is 0.493 e. The first-order chi connectivity index (χ1) is 16.5. The number of anilines is 1. The van der Waals surface area contributed by atoms with Crippen molar-refractivity contribution in [1.29, 1.82) is 0 Å². The molecule has 0 bridgehead atoms. The third-order valence-corrected chi connectivity index (χ3v) is 6.07. The average Bonchev–Trinajstić information content (AvgIpc) is 2.88. The number of amides is 1. The molecular weight excluding hydrogens is 452 g/mol. The van der Waals surface area contributed by atoms with E-state index < -0.39 is 0 Å². The van der Waals surface area contributed by atoms with Gasteiger partial charge in [-0.2, -0.15) is 0 Å². The number of carbonyl (C=O) groups excluding carboxylic acids is 1. The summed E-state index contributed by atoms with van der Waals surface area (Å²) in [6.07, 6.45) is 0. The standard InChI is InChI=1S/C27H29ClN2O4/c1-29(18-22-5-3-4-6-24(22)30-13-15-33-16-14-30)27(31)21-9-12-25(26(17-21)32-2)34-19-20-7-10-23(28)11-8-20/h3-12,17H,13-16,18-19H2,1-2H3. The Balaban J connectivity index is 1.44. The van der Waals surface area contributed by atoms with Crippen molar-refractivity contribution < 1.29 is 19.0 Å². The normalized spacial score (nSPS) is 13.4. The van der Waals surface area contributed by atoms with Gasteiger partial charge in [-0.15, -0.1) is 0 Å². The summed E-state index contributed by atoms with van der Waals surface area (Å²) in [5.74, 6) is 1.01. The molecule has 0 saturated carbocycles. The smallest absolute Gasteiger partial charge is 0.254 e. The van der Waals surface area contributed by atoms with Crippen molar-refractivity contribution in [2.75, 3.05) is 45.4 Å². The van der Waals surface area contributed by atoms with Crippen LogP contribution in [-0.2, 0) is 17.9 Å². The molecule has 1 heterocycles. The van der Waals surface area contributed by atoms with Crippen molar-refractivity contribution in [3.8, 4) is 11.5 Å². The fraction of sp³-hybridized carbons (Fsp3) is 0.296. The number of ether oxygens (including phenoxy) is 3. The molecule has 0 radical (unpaired) electrons. The zero-order valence-corrected chi connectivity index (χ0v) is 20.3. The van der Waals surface area contributed by atoms with E-state index in [1.807, 2.05) is 43.4 Å². The Kier molecular flexibility index (Phi) is 7.93. The maximum atomic E-state index is 13.2. The van der Waals surface area contributed by atoms with Crippen LogP contribution in [0.2, 0.25) is 5.02 Å². The number of rotatable bonds is 8. The van der Waals surface area contributed by atoms with Gasteiger partial charge in [0.15, 0.2) is 11.5 Å². The van der Waals surface area contributed by atoms with E-state index >= 15 is 0 Å². The third-order valence-electron chi connectivity index (χ3n) is 5.82. The molecule has 0 aromatic heterocycles. The molecule has 1 amide bonds. The lowest BCUT2D eigenvalue weighted by Gasteiger charge is -2.31. The average molecular weight is 481 g/mol. The molecule has 3 aromatic rings. The summed E-state index contributed by atoms with van der Waals surface area (Å²) >= 11 is 5.94. The fourth-order valence-electron chi connectivity index (χ4n) is 3.97. The summed E-state index contributed by atoms with van der Waals surface area (Å²) in [6, 6.07) is 21.0. The molecule has 1 aliphatic rings. The van der Waals surface area contributed by atoms with Crippen LogP contribution in [0, 0.1) is 0 Å². The molecule has 0 spiro atoms. The molecule has 34 heavy (non-hydrogen) atoms. The van der Waals surface area contributed by atoms with Crippen LogP contribution in [0.25, 0.3) is 0 Å². The predicted molar refractivity (Wildman–Crippen MR) is 134 cm³/mol. The van der Waals surface area contributed by atoms with Crippen molar-refractivity contribution in [3.63, 3.8) is 0 Å². The Bertz CT molecular complexity index is 1110. The molecule has 0 unspecified atom stereocenters. The minimum atomic E-state index is -0.0840. The lowest BCUT2D eigenvalue weighted by molar-refractivity contribution is 0.0784. The van der Waals surface area contributed by atoms with Crippen LogP contribution in [0.3, 0.4) is 0 Å². The van der Waals surface area contributed by atoms with E-state index in [0.717, 1.165) is 43.1 Å². The maximum Gasteiger partial charge on any atom is 0.254 e. The number of halogens is 1. The van der Waals surface area contributed by atoms with Gasteiger partial charge in [0.1, 0.15) is 6.61 Å². The van der Waals surface area contributed by atoms with E-state index in [4.69, 9.17) is 25.8 Å². The number of methoxy groups -OCH3 is 1. The molecule has 1 saturated heterocycles. The molecule has 1 fully saturated rings. The Morgan fingerprint density at radius 3 is 2.50 bits per heavy atom. The lowest BCUT2D eigenvalue weighted by atomic mass is 10.1. The third kappa shape index (κ3) is 5.82. The van der Waals surface area contributed by atoms with Crippen LogP contribution >= 0.6 is 11.6 Å². The minimum Gasteiger partial charge on any atom is -0.493 e. The highest BCUT2D eigenvalue weighted by Gasteiger charge is 2.19. The van der Waals surface area contributed by atoms with Crippen molar-refractivity contribution in [3.05, 3.63) is 88.4 Å². The molecule has 1 aliphatic heterocycles. The first-order valence-electron chi connectivity index (χ1n) is 11.3. The van der Waals surface area contributed by atoms with Gasteiger partial charge in [0.05, 0.1) is 20.3 Å². The molecule has 7 heteroatoms. The van der Waals surface area contributed by atoms with Crippen LogP contribution in [0.5, 0.6) is 11.5 Å². The molecular formula is C27H29ClN2O4. The van der Waals surface area contributed by atoms with Crippen molar-refractivity contribution in [2.24, 2.45) is 0 Å². The highest BCUT2D eigenvalue weighted by Crippen LogP contribution is 2.30. The zero-order chi connectivity index (χ0) is 23.9. The van der Waals surface area contributed by atoms with E-state index in [-0.39, 0.29) is 5.91 Å². The van der Waals surface area contributed by atoms with Crippen molar-refractivity contribution in [2.45, 2.75) is 13.2 Å². The summed E-state index contributed by atoms with van der Waals surface area (Å²) in [7, 11) is 3.39. The van der Waals surface area contributed by atoms with Crippen LogP contribution < -0.4 is 14.4 Å². The fourth-order valence-corrected chi connectivity index (χ4v) is 4.09. The number of nitrogens with zero attached hydrogens (tertiary/aromatic N) is 2. The summed E-state index contributed by atoms with van der Waals surface area (Å²) in [5.41, 5.74) is 3.79. The summed E-state index contributed by atoms with van der Waals surface area (Å²) in [5, 5.41) is 0.681. The topological polar surface area (TPSA) is 51.2 Å². The molecule has 6 nitrogen and oxygen atoms in total. The van der Waals surface area contributed by atoms with Crippen molar-refractivity contribution >= 4 is 23.2 Å². The van der Waals surface area contributed by atoms with Gasteiger partial charge in [0.25, 0.3) is 5.91 Å². The first kappa shape index (κ1) is 23.9. The van der Waals surface area contributed by atoms with Crippen LogP contribution in [0.15, 0.2) is 66.7 Å². The number of hydrogen-bond donors (Lipinski definition) is 0. The molecule has 4 rings (SSSR count). The SMILES string of the molecule is COc1cc(C(=O)N(C)Cc2ccccc2N2CCOCC2)ccc1OCc1ccc(Cl)cc1. The Labute approximate surface area is 205 Å². The van der Waals surface area contributed by atoms with Gasteiger partial charge in [0, 0.05) is 43.0 Å². The van der Waals surface area contributed by atoms with E-state index in [1.165, 1.54) is 0 Å². The van der Waals surface area contributed by atoms with Gasteiger partial charge in [0.2, 0.25) is 0 Å². The van der Waals surface area contributed by atoms with Gasteiger partial charge in [-0.1, -0.05) is 41.9 Å². The number of morpholine rings is 1. The second kappa shape index (κ2) is 11.3. The minimum absolute atomic E-state index is 0.0840. The quantitative estimate of drug-likeness (QED) is 0.452. The van der Waals surface area contributed by atoms with E-state index in [2.05, 4.69) is 17.0 Å². The number of benzene rings is 3. The Hall–Kier alpha value is -3.22. The highest BCUT2D eigenvalue weighted by atomic mass is 35.5. The van der Waals surface area contributed by atoms with Gasteiger partial charge in [-0.3, -0.25) is 4.79 Å². The van der Waals surface area contributed by atoms with Crippen LogP contribution in [0.1, 0.15) is 21.5 Å². The summed E-state index contributed by atoms with van der Waals surface area (Å²) in [6.45, 7) is 4.01. The lowest BCUT2D eigenvalue weighted by Crippen LogP contribution is -2.37. The van der Waals surface area contributed by atoms with E-state index in [0.29, 0.717) is 35.2 Å². The zero-order valence-electron chi connectivity index (χ0n) is 19.5. The van der Waals surface area contributed by atoms with Crippen LogP contribution in [0.4, 0.5) is 5.69 Å². The summed E-state index contributed by atoms with van der Waals surface area (Å²) < 4.78 is 16.9. The van der Waals surface area contributed by atoms with Crippen molar-refractivity contribution in [1.82, 2.24) is 4.90 Å². The highest BCUT2D eigenvalue weighted by molar-refractivity contribution is 6.30. The van der Waals surface area contributed by atoms with Gasteiger partial charge < -0.3 is 24.0 Å². The van der Waals surface area contributed by atoms with Gasteiger partial charge in [-0.05, 0) is 47.5 Å². The molecule has 0 atom stereocenters. The van der Waals surface area contributed by atoms with Crippen LogP contribution in [-0.4, -0.2) is 51.3 Å². The number of hydrogen-bond acceptors (Lipinski definition) is 5.